The van der Waals surface area contributed by atoms with Gasteiger partial charge in [0.15, 0.2) is 0 Å². The predicted octanol–water partition coefficient (Wildman–Crippen LogP) is 0.419. The second kappa shape index (κ2) is 2.81. The lowest BCUT2D eigenvalue weighted by molar-refractivity contribution is -0.128. The van der Waals surface area contributed by atoms with Gasteiger partial charge in [-0.3, -0.25) is 10.1 Å². The molecule has 0 spiro atoms. The highest BCUT2D eigenvalue weighted by Gasteiger charge is 2.34. The number of amides is 1. The second-order valence-electron chi connectivity index (χ2n) is 3.53. The van der Waals surface area contributed by atoms with Crippen LogP contribution in [0.4, 0.5) is 0 Å². The smallest absolute Gasteiger partial charge is 0.240 e. The summed E-state index contributed by atoms with van der Waals surface area (Å²) < 4.78 is 0. The minimum absolute atomic E-state index is 0.00704. The lowest BCUT2D eigenvalue weighted by Gasteiger charge is -2.22. The standard InChI is InChI=1S/C8H16N2O/c1-5(2)7-9-6(3)8(11)10(7)4/h5-7,9H,1-4H3. The average molecular weight is 156 g/mol. The van der Waals surface area contributed by atoms with E-state index in [1.807, 2.05) is 14.0 Å². The van der Waals surface area contributed by atoms with Crippen LogP contribution in [0.15, 0.2) is 0 Å². The summed E-state index contributed by atoms with van der Waals surface area (Å²) in [7, 11) is 1.85. The highest BCUT2D eigenvalue weighted by Crippen LogP contribution is 2.14. The number of hydrogen-bond acceptors (Lipinski definition) is 2. The van der Waals surface area contributed by atoms with Crippen LogP contribution in [0.25, 0.3) is 0 Å². The minimum Gasteiger partial charge on any atom is -0.329 e. The Morgan fingerprint density at radius 2 is 2.09 bits per heavy atom. The van der Waals surface area contributed by atoms with Gasteiger partial charge in [0.2, 0.25) is 5.91 Å². The van der Waals surface area contributed by atoms with Crippen LogP contribution in [0.2, 0.25) is 0 Å². The minimum atomic E-state index is -0.00704. The number of rotatable bonds is 1. The Balaban J connectivity index is 2.67. The first-order valence-electron chi connectivity index (χ1n) is 4.06. The van der Waals surface area contributed by atoms with Gasteiger partial charge in [0.05, 0.1) is 12.2 Å². The molecule has 0 aromatic heterocycles. The van der Waals surface area contributed by atoms with Gasteiger partial charge in [-0.25, -0.2) is 0 Å². The van der Waals surface area contributed by atoms with Gasteiger partial charge in [-0.2, -0.15) is 0 Å². The number of nitrogens with zero attached hydrogens (tertiary/aromatic N) is 1. The average Bonchev–Trinajstić information content (AvgIpc) is 2.17. The summed E-state index contributed by atoms with van der Waals surface area (Å²) in [4.78, 5) is 13.1. The molecule has 0 radical (unpaired) electrons. The molecule has 3 heteroatoms. The normalized spacial score (nSPS) is 32.1. The van der Waals surface area contributed by atoms with Crippen molar-refractivity contribution in [2.75, 3.05) is 7.05 Å². The highest BCUT2D eigenvalue weighted by atomic mass is 16.2. The van der Waals surface area contributed by atoms with Crippen LogP contribution < -0.4 is 5.32 Å². The molecule has 0 aromatic rings. The van der Waals surface area contributed by atoms with E-state index < -0.39 is 0 Å². The fraction of sp³-hybridized carbons (Fsp3) is 0.875. The second-order valence-corrected chi connectivity index (χ2v) is 3.53. The third-order valence-electron chi connectivity index (χ3n) is 2.19. The van der Waals surface area contributed by atoms with Crippen LogP contribution in [0.5, 0.6) is 0 Å². The summed E-state index contributed by atoms with van der Waals surface area (Å²) in [6.45, 7) is 6.13. The third kappa shape index (κ3) is 1.38. The molecular weight excluding hydrogens is 140 g/mol. The summed E-state index contributed by atoms with van der Waals surface area (Å²) in [5.74, 6) is 0.678. The topological polar surface area (TPSA) is 32.3 Å². The first-order chi connectivity index (χ1) is 5.04. The lowest BCUT2D eigenvalue weighted by Crippen LogP contribution is -2.38. The zero-order valence-electron chi connectivity index (χ0n) is 7.59. The van der Waals surface area contributed by atoms with Crippen LogP contribution in [0.1, 0.15) is 20.8 Å². The van der Waals surface area contributed by atoms with Gasteiger partial charge >= 0.3 is 0 Å². The zero-order chi connectivity index (χ0) is 8.59. The van der Waals surface area contributed by atoms with E-state index in [0.717, 1.165) is 0 Å². The van der Waals surface area contributed by atoms with E-state index in [2.05, 4.69) is 19.2 Å². The molecule has 1 aliphatic rings. The van der Waals surface area contributed by atoms with Crippen LogP contribution in [0.3, 0.4) is 0 Å². The predicted molar refractivity (Wildman–Crippen MR) is 44.0 cm³/mol. The molecule has 0 aliphatic carbocycles. The molecule has 64 valence electrons. The Labute approximate surface area is 67.8 Å². The van der Waals surface area contributed by atoms with Gasteiger partial charge in [-0.1, -0.05) is 13.8 Å². The van der Waals surface area contributed by atoms with Crippen molar-refractivity contribution in [3.8, 4) is 0 Å². The highest BCUT2D eigenvalue weighted by molar-refractivity contribution is 5.83. The molecule has 11 heavy (non-hydrogen) atoms. The van der Waals surface area contributed by atoms with Crippen LogP contribution in [0, 0.1) is 5.92 Å². The monoisotopic (exact) mass is 156 g/mol. The van der Waals surface area contributed by atoms with Gasteiger partial charge in [0.1, 0.15) is 0 Å². The molecule has 3 nitrogen and oxygen atoms in total. The molecule has 1 rings (SSSR count). The van der Waals surface area contributed by atoms with Gasteiger partial charge in [0.25, 0.3) is 0 Å². The summed E-state index contributed by atoms with van der Waals surface area (Å²) >= 11 is 0. The first kappa shape index (κ1) is 8.53. The van der Waals surface area contributed by atoms with E-state index in [-0.39, 0.29) is 18.1 Å². The Morgan fingerprint density at radius 1 is 1.55 bits per heavy atom. The molecule has 1 amide bonds. The Morgan fingerprint density at radius 3 is 2.27 bits per heavy atom. The molecule has 2 atom stereocenters. The SMILES string of the molecule is CC1NC(C(C)C)N(C)C1=O. The molecule has 1 saturated heterocycles. The number of nitrogens with one attached hydrogen (secondary N) is 1. The maximum atomic E-state index is 11.3. The fourth-order valence-electron chi connectivity index (χ4n) is 1.52. The molecule has 1 fully saturated rings. The van der Waals surface area contributed by atoms with Crippen molar-refractivity contribution in [2.45, 2.75) is 33.0 Å². The molecule has 2 unspecified atom stereocenters. The fourth-order valence-corrected chi connectivity index (χ4v) is 1.52. The van der Waals surface area contributed by atoms with Crippen LogP contribution >= 0.6 is 0 Å². The van der Waals surface area contributed by atoms with E-state index in [1.54, 1.807) is 4.90 Å². The third-order valence-corrected chi connectivity index (χ3v) is 2.19. The molecule has 0 saturated carbocycles. The maximum Gasteiger partial charge on any atom is 0.240 e. The van der Waals surface area contributed by atoms with Crippen LogP contribution in [-0.4, -0.2) is 30.1 Å². The first-order valence-corrected chi connectivity index (χ1v) is 4.06. The van der Waals surface area contributed by atoms with Crippen molar-refractivity contribution < 1.29 is 4.79 Å². The van der Waals surface area contributed by atoms with E-state index in [0.29, 0.717) is 5.92 Å². The summed E-state index contributed by atoms with van der Waals surface area (Å²) in [5.41, 5.74) is 0. The maximum absolute atomic E-state index is 11.3. The molecular formula is C8H16N2O. The van der Waals surface area contributed by atoms with E-state index in [4.69, 9.17) is 0 Å². The zero-order valence-corrected chi connectivity index (χ0v) is 7.59. The Hall–Kier alpha value is -0.570. The van der Waals surface area contributed by atoms with E-state index in [1.165, 1.54) is 0 Å². The van der Waals surface area contributed by atoms with Crippen LogP contribution in [-0.2, 0) is 4.79 Å². The van der Waals surface area contributed by atoms with Crippen molar-refractivity contribution in [2.24, 2.45) is 5.92 Å². The molecule has 1 heterocycles. The number of hydrogen-bond donors (Lipinski definition) is 1. The van der Waals surface area contributed by atoms with Crippen molar-refractivity contribution >= 4 is 5.91 Å². The quantitative estimate of drug-likeness (QED) is 0.596. The Bertz CT molecular complexity index is 167. The van der Waals surface area contributed by atoms with Gasteiger partial charge in [-0.15, -0.1) is 0 Å². The Kier molecular flexibility index (Phi) is 2.18. The largest absolute Gasteiger partial charge is 0.329 e. The van der Waals surface area contributed by atoms with Crippen molar-refractivity contribution in [3.63, 3.8) is 0 Å². The molecule has 0 aromatic carbocycles. The van der Waals surface area contributed by atoms with Crippen molar-refractivity contribution in [1.82, 2.24) is 10.2 Å². The molecule has 0 bridgehead atoms. The van der Waals surface area contributed by atoms with Gasteiger partial charge < -0.3 is 4.90 Å². The number of likely N-dealkylation sites (N-methyl/N-ethyl adjacent to an activating group) is 1. The molecule has 1 aliphatic heterocycles. The van der Waals surface area contributed by atoms with E-state index in [9.17, 15) is 4.79 Å². The number of carbonyl (C=O) groups is 1. The van der Waals surface area contributed by atoms with Gasteiger partial charge in [0, 0.05) is 7.05 Å². The number of carbonyl (C=O) groups excluding carboxylic acids is 1. The summed E-state index contributed by atoms with van der Waals surface area (Å²) in [6.07, 6.45) is 0.220. The summed E-state index contributed by atoms with van der Waals surface area (Å²) in [5, 5.41) is 3.23. The van der Waals surface area contributed by atoms with E-state index >= 15 is 0 Å². The van der Waals surface area contributed by atoms with Crippen molar-refractivity contribution in [1.29, 1.82) is 0 Å². The summed E-state index contributed by atoms with van der Waals surface area (Å²) in [6, 6.07) is -0.00704. The molecule has 1 N–H and O–H groups in total. The lowest BCUT2D eigenvalue weighted by atomic mass is 10.1. The van der Waals surface area contributed by atoms with Gasteiger partial charge in [-0.05, 0) is 12.8 Å². The van der Waals surface area contributed by atoms with Crippen molar-refractivity contribution in [3.05, 3.63) is 0 Å².